The third kappa shape index (κ3) is 8.70. The zero-order valence-electron chi connectivity index (χ0n) is 19.8. The molecule has 2 rings (SSSR count). The van der Waals surface area contributed by atoms with Crippen molar-refractivity contribution in [1.82, 2.24) is 0 Å². The summed E-state index contributed by atoms with van der Waals surface area (Å²) in [6.45, 7) is 9.73. The van der Waals surface area contributed by atoms with Crippen LogP contribution in [0.1, 0.15) is 109 Å². The molecular weight excluding hydrogens is 372 g/mol. The molecule has 0 aliphatic heterocycles. The van der Waals surface area contributed by atoms with Gasteiger partial charge in [-0.3, -0.25) is 0 Å². The first-order chi connectivity index (χ1) is 14.5. The monoisotopic (exact) mass is 416 g/mol. The molecule has 0 bridgehead atoms. The predicted molar refractivity (Wildman–Crippen MR) is 125 cm³/mol. The van der Waals surface area contributed by atoms with Gasteiger partial charge in [-0.1, -0.05) is 79.1 Å². The number of hydrogen-bond donors (Lipinski definition) is 0. The van der Waals surface area contributed by atoms with E-state index >= 15 is 0 Å². The van der Waals surface area contributed by atoms with Crippen LogP contribution < -0.4 is 4.74 Å². The summed E-state index contributed by atoms with van der Waals surface area (Å²) in [5.74, 6) is 2.28. The van der Waals surface area contributed by atoms with Crippen molar-refractivity contribution in [1.29, 1.82) is 0 Å². The van der Waals surface area contributed by atoms with Crippen LogP contribution in [0.25, 0.3) is 0 Å². The number of carbonyl (C=O) groups excluding carboxylic acids is 1. The first-order valence-corrected chi connectivity index (χ1v) is 12.4. The maximum Gasteiger partial charge on any atom is 0.338 e. The van der Waals surface area contributed by atoms with Crippen molar-refractivity contribution in [2.24, 2.45) is 17.8 Å². The fourth-order valence-corrected chi connectivity index (χ4v) is 4.57. The van der Waals surface area contributed by atoms with E-state index in [1.165, 1.54) is 51.4 Å². The second-order valence-corrected chi connectivity index (χ2v) is 9.62. The van der Waals surface area contributed by atoms with Gasteiger partial charge < -0.3 is 9.47 Å². The smallest absolute Gasteiger partial charge is 0.338 e. The van der Waals surface area contributed by atoms with Gasteiger partial charge in [-0.25, -0.2) is 4.79 Å². The fourth-order valence-electron chi connectivity index (χ4n) is 4.57. The molecule has 0 saturated heterocycles. The lowest BCUT2D eigenvalue weighted by Gasteiger charge is -2.36. The molecule has 3 heteroatoms. The van der Waals surface area contributed by atoms with Crippen LogP contribution in [-0.2, 0) is 4.74 Å². The average molecular weight is 417 g/mol. The molecule has 1 aromatic rings. The summed E-state index contributed by atoms with van der Waals surface area (Å²) in [5, 5.41) is 0. The third-order valence-electron chi connectivity index (χ3n) is 6.58. The van der Waals surface area contributed by atoms with E-state index in [0.29, 0.717) is 23.3 Å². The molecule has 0 heterocycles. The van der Waals surface area contributed by atoms with Gasteiger partial charge >= 0.3 is 5.97 Å². The van der Waals surface area contributed by atoms with Gasteiger partial charge in [0.15, 0.2) is 0 Å². The van der Waals surface area contributed by atoms with E-state index in [2.05, 4.69) is 27.7 Å². The highest BCUT2D eigenvalue weighted by Crippen LogP contribution is 2.35. The van der Waals surface area contributed by atoms with Gasteiger partial charge in [-0.2, -0.15) is 0 Å². The molecule has 1 aromatic carbocycles. The third-order valence-corrected chi connectivity index (χ3v) is 6.58. The van der Waals surface area contributed by atoms with Crippen LogP contribution in [0, 0.1) is 17.8 Å². The lowest BCUT2D eigenvalue weighted by Crippen LogP contribution is -2.35. The molecule has 1 saturated carbocycles. The molecule has 3 atom stereocenters. The summed E-state index contributed by atoms with van der Waals surface area (Å²) in [6.07, 6.45) is 13.8. The summed E-state index contributed by atoms with van der Waals surface area (Å²) in [5.41, 5.74) is 0.621. The van der Waals surface area contributed by atoms with Crippen LogP contribution in [0.2, 0.25) is 0 Å². The maximum atomic E-state index is 12.7. The van der Waals surface area contributed by atoms with Crippen LogP contribution in [0.3, 0.4) is 0 Å². The van der Waals surface area contributed by atoms with E-state index in [1.54, 1.807) is 0 Å². The van der Waals surface area contributed by atoms with E-state index in [-0.39, 0.29) is 12.1 Å². The summed E-state index contributed by atoms with van der Waals surface area (Å²) in [4.78, 5) is 12.7. The van der Waals surface area contributed by atoms with Gasteiger partial charge in [0, 0.05) is 0 Å². The molecule has 0 spiro atoms. The molecule has 0 amide bonds. The van der Waals surface area contributed by atoms with E-state index in [4.69, 9.17) is 9.47 Å². The lowest BCUT2D eigenvalue weighted by atomic mass is 9.75. The summed E-state index contributed by atoms with van der Waals surface area (Å²) >= 11 is 0. The topological polar surface area (TPSA) is 35.5 Å². The Bertz CT molecular complexity index is 593. The Balaban J connectivity index is 1.69. The Morgan fingerprint density at radius 2 is 1.60 bits per heavy atom. The Morgan fingerprint density at radius 3 is 2.23 bits per heavy atom. The number of esters is 1. The number of unbranched alkanes of at least 4 members (excludes halogenated alkanes) is 7. The van der Waals surface area contributed by atoms with Crippen LogP contribution >= 0.6 is 0 Å². The number of ether oxygens (including phenoxy) is 2. The largest absolute Gasteiger partial charge is 0.494 e. The Kier molecular flexibility index (Phi) is 11.3. The van der Waals surface area contributed by atoms with Crippen molar-refractivity contribution >= 4 is 5.97 Å². The molecule has 1 aliphatic rings. The van der Waals surface area contributed by atoms with E-state index < -0.39 is 0 Å². The first-order valence-electron chi connectivity index (χ1n) is 12.4. The number of carbonyl (C=O) groups is 1. The van der Waals surface area contributed by atoms with Crippen LogP contribution in [0.5, 0.6) is 5.75 Å². The molecular formula is C27H44O3. The number of benzene rings is 1. The Hall–Kier alpha value is -1.51. The highest BCUT2D eigenvalue weighted by atomic mass is 16.5. The van der Waals surface area contributed by atoms with Gasteiger partial charge in [-0.15, -0.1) is 0 Å². The van der Waals surface area contributed by atoms with Crippen LogP contribution in [0.15, 0.2) is 24.3 Å². The van der Waals surface area contributed by atoms with Crippen molar-refractivity contribution in [3.05, 3.63) is 29.8 Å². The van der Waals surface area contributed by atoms with Crippen molar-refractivity contribution < 1.29 is 14.3 Å². The SMILES string of the molecule is CCCCCCCCCCOc1ccc(C(=O)O[C@H]2C[C@@H](C)CC[C@@H]2C(C)C)cc1. The molecule has 0 radical (unpaired) electrons. The van der Waals surface area contributed by atoms with Gasteiger partial charge in [-0.05, 0) is 61.3 Å². The van der Waals surface area contributed by atoms with Crippen molar-refractivity contribution in [3.63, 3.8) is 0 Å². The van der Waals surface area contributed by atoms with E-state index in [1.807, 2.05) is 24.3 Å². The lowest BCUT2D eigenvalue weighted by molar-refractivity contribution is -0.0174. The van der Waals surface area contributed by atoms with Crippen molar-refractivity contribution in [2.75, 3.05) is 6.61 Å². The molecule has 3 nitrogen and oxygen atoms in total. The highest BCUT2D eigenvalue weighted by Gasteiger charge is 2.33. The minimum Gasteiger partial charge on any atom is -0.494 e. The highest BCUT2D eigenvalue weighted by molar-refractivity contribution is 5.89. The van der Waals surface area contributed by atoms with Crippen LogP contribution in [0.4, 0.5) is 0 Å². The second kappa shape index (κ2) is 13.7. The molecule has 30 heavy (non-hydrogen) atoms. The maximum absolute atomic E-state index is 12.7. The normalized spacial score (nSPS) is 21.6. The molecule has 0 aromatic heterocycles. The van der Waals surface area contributed by atoms with Crippen molar-refractivity contribution in [3.8, 4) is 5.75 Å². The van der Waals surface area contributed by atoms with E-state index in [9.17, 15) is 4.79 Å². The quantitative estimate of drug-likeness (QED) is 0.243. The Morgan fingerprint density at radius 1 is 0.967 bits per heavy atom. The summed E-state index contributed by atoms with van der Waals surface area (Å²) < 4.78 is 11.8. The first kappa shape index (κ1) is 24.8. The zero-order valence-corrected chi connectivity index (χ0v) is 19.8. The Labute approximate surface area is 184 Å². The summed E-state index contributed by atoms with van der Waals surface area (Å²) in [6, 6.07) is 7.46. The minimum atomic E-state index is -0.200. The van der Waals surface area contributed by atoms with Gasteiger partial charge in [0.2, 0.25) is 0 Å². The molecule has 1 fully saturated rings. The molecule has 170 valence electrons. The average Bonchev–Trinajstić information content (AvgIpc) is 2.73. The van der Waals surface area contributed by atoms with E-state index in [0.717, 1.165) is 31.6 Å². The molecule has 1 aliphatic carbocycles. The number of rotatable bonds is 13. The fraction of sp³-hybridized carbons (Fsp3) is 0.741. The minimum absolute atomic E-state index is 0.0409. The van der Waals surface area contributed by atoms with Crippen LogP contribution in [-0.4, -0.2) is 18.7 Å². The van der Waals surface area contributed by atoms with Gasteiger partial charge in [0.1, 0.15) is 11.9 Å². The van der Waals surface area contributed by atoms with Gasteiger partial charge in [0.25, 0.3) is 0 Å². The standard InChI is InChI=1S/C27H44O3/c1-5-6-7-8-9-10-11-12-19-29-24-16-14-23(15-17-24)27(28)30-26-20-22(4)13-18-25(26)21(2)3/h14-17,21-22,25-26H,5-13,18-20H2,1-4H3/t22-,25+,26-/m0/s1. The number of hydrogen-bond acceptors (Lipinski definition) is 3. The molecule has 0 N–H and O–H groups in total. The zero-order chi connectivity index (χ0) is 21.8. The second-order valence-electron chi connectivity index (χ2n) is 9.62. The summed E-state index contributed by atoms with van der Waals surface area (Å²) in [7, 11) is 0. The van der Waals surface area contributed by atoms with Gasteiger partial charge in [0.05, 0.1) is 12.2 Å². The van der Waals surface area contributed by atoms with Crippen molar-refractivity contribution in [2.45, 2.75) is 104 Å². The predicted octanol–water partition coefficient (Wildman–Crippen LogP) is 7.82. The molecule has 0 unspecified atom stereocenters.